The second-order valence-electron chi connectivity index (χ2n) is 6.81. The molecule has 2 atom stereocenters. The van der Waals surface area contributed by atoms with Crippen molar-refractivity contribution in [1.29, 1.82) is 0 Å². The first-order chi connectivity index (χ1) is 10.3. The Morgan fingerprint density at radius 1 is 0.636 bits per heavy atom. The van der Waals surface area contributed by atoms with Gasteiger partial charge in [-0.15, -0.1) is 0 Å². The van der Waals surface area contributed by atoms with Gasteiger partial charge in [0, 0.05) is 11.8 Å². The molecule has 0 aliphatic heterocycles. The van der Waals surface area contributed by atoms with Gasteiger partial charge in [0.05, 0.1) is 0 Å². The number of carboxylic acids is 2. The molecular formula is C16H26O6. The smallest absolute Gasteiger partial charge is 0.339 e. The molecule has 0 heterocycles. The van der Waals surface area contributed by atoms with Crippen LogP contribution in [0.5, 0.6) is 0 Å². The van der Waals surface area contributed by atoms with Crippen LogP contribution in [-0.2, 0) is 9.59 Å². The number of aliphatic carboxylic acids is 2. The average Bonchev–Trinajstić information content (AvgIpc) is 2.54. The molecule has 0 aromatic heterocycles. The number of aliphatic hydroxyl groups is 2. The molecule has 0 aromatic rings. The lowest BCUT2D eigenvalue weighted by atomic mass is 9.61. The summed E-state index contributed by atoms with van der Waals surface area (Å²) in [5.41, 5.74) is -5.25. The van der Waals surface area contributed by atoms with Crippen LogP contribution < -0.4 is 0 Å². The third kappa shape index (κ3) is 2.63. The summed E-state index contributed by atoms with van der Waals surface area (Å²) in [4.78, 5) is 23.7. The van der Waals surface area contributed by atoms with Crippen molar-refractivity contribution in [2.45, 2.75) is 75.4 Å². The van der Waals surface area contributed by atoms with Crippen LogP contribution in [0.1, 0.15) is 64.2 Å². The molecule has 2 rings (SSSR count). The molecule has 22 heavy (non-hydrogen) atoms. The van der Waals surface area contributed by atoms with E-state index in [1.807, 2.05) is 0 Å². The summed E-state index contributed by atoms with van der Waals surface area (Å²) in [6.45, 7) is 0. The molecule has 2 aliphatic carbocycles. The standard InChI is InChI=1S/C16H26O6/c17-13(18)15(21,11-7-3-1-4-8-11)16(22,14(19)20)12-9-5-2-6-10-12/h11-12,21-22H,1-10H2,(H,17,18)(H,19,20)/t15-,16-/m0/s1. The predicted molar refractivity (Wildman–Crippen MR) is 78.3 cm³/mol. The summed E-state index contributed by atoms with van der Waals surface area (Å²) in [5, 5.41) is 41.1. The Hall–Kier alpha value is -1.14. The SMILES string of the molecule is O=C(O)[C@@](O)(C1CCCCC1)[C@@](O)(C(=O)O)C1CCCCC1. The Labute approximate surface area is 130 Å². The Bertz CT molecular complexity index is 384. The molecule has 4 N–H and O–H groups in total. The van der Waals surface area contributed by atoms with Crippen molar-refractivity contribution >= 4 is 11.9 Å². The largest absolute Gasteiger partial charge is 0.479 e. The van der Waals surface area contributed by atoms with Crippen LogP contribution >= 0.6 is 0 Å². The Kier molecular flexibility index (Phi) is 5.12. The maximum Gasteiger partial charge on any atom is 0.339 e. The number of hydrogen-bond donors (Lipinski definition) is 4. The van der Waals surface area contributed by atoms with Gasteiger partial charge in [-0.1, -0.05) is 38.5 Å². The van der Waals surface area contributed by atoms with Gasteiger partial charge in [-0.25, -0.2) is 9.59 Å². The van der Waals surface area contributed by atoms with Gasteiger partial charge in [-0.3, -0.25) is 0 Å². The molecule has 6 nitrogen and oxygen atoms in total. The van der Waals surface area contributed by atoms with Crippen LogP contribution in [0.15, 0.2) is 0 Å². The van der Waals surface area contributed by atoms with E-state index in [0.717, 1.165) is 38.5 Å². The molecule has 126 valence electrons. The van der Waals surface area contributed by atoms with Crippen molar-refractivity contribution in [3.8, 4) is 0 Å². The molecule has 2 aliphatic rings. The third-order valence-corrected chi connectivity index (χ3v) is 5.63. The van der Waals surface area contributed by atoms with Gasteiger partial charge in [0.1, 0.15) is 0 Å². The lowest BCUT2D eigenvalue weighted by Crippen LogP contribution is -2.70. The Morgan fingerprint density at radius 3 is 1.14 bits per heavy atom. The van der Waals surface area contributed by atoms with Gasteiger partial charge in [0.15, 0.2) is 0 Å². The predicted octanol–water partition coefficient (Wildman–Crippen LogP) is 1.78. The minimum atomic E-state index is -2.62. The van der Waals surface area contributed by atoms with Crippen molar-refractivity contribution in [3.63, 3.8) is 0 Å². The number of carbonyl (C=O) groups is 2. The second kappa shape index (κ2) is 6.54. The zero-order chi connectivity index (χ0) is 16.4. The minimum absolute atomic E-state index is 0.436. The average molecular weight is 314 g/mol. The van der Waals surface area contributed by atoms with E-state index >= 15 is 0 Å². The quantitative estimate of drug-likeness (QED) is 0.615. The minimum Gasteiger partial charge on any atom is -0.479 e. The van der Waals surface area contributed by atoms with E-state index in [9.17, 15) is 30.0 Å². The van der Waals surface area contributed by atoms with Crippen molar-refractivity contribution in [1.82, 2.24) is 0 Å². The van der Waals surface area contributed by atoms with Crippen LogP contribution in [0, 0.1) is 11.8 Å². The van der Waals surface area contributed by atoms with E-state index in [-0.39, 0.29) is 0 Å². The van der Waals surface area contributed by atoms with Crippen LogP contribution in [0.3, 0.4) is 0 Å². The van der Waals surface area contributed by atoms with Crippen molar-refractivity contribution in [3.05, 3.63) is 0 Å². The fourth-order valence-electron chi connectivity index (χ4n) is 4.34. The van der Waals surface area contributed by atoms with Gasteiger partial charge >= 0.3 is 11.9 Å². The lowest BCUT2D eigenvalue weighted by molar-refractivity contribution is -0.235. The maximum atomic E-state index is 11.8. The first-order valence-corrected chi connectivity index (χ1v) is 8.26. The highest BCUT2D eigenvalue weighted by molar-refractivity contribution is 5.91. The molecular weight excluding hydrogens is 288 g/mol. The van der Waals surface area contributed by atoms with E-state index in [2.05, 4.69) is 0 Å². The molecule has 2 fully saturated rings. The van der Waals surface area contributed by atoms with E-state index in [1.54, 1.807) is 0 Å². The Morgan fingerprint density at radius 2 is 0.909 bits per heavy atom. The molecule has 0 spiro atoms. The highest BCUT2D eigenvalue weighted by Gasteiger charge is 2.67. The summed E-state index contributed by atoms with van der Waals surface area (Å²) < 4.78 is 0. The second-order valence-corrected chi connectivity index (χ2v) is 6.81. The van der Waals surface area contributed by atoms with Crippen molar-refractivity contribution in [2.75, 3.05) is 0 Å². The summed E-state index contributed by atoms with van der Waals surface area (Å²) in [5.74, 6) is -4.67. The summed E-state index contributed by atoms with van der Waals surface area (Å²) in [7, 11) is 0. The van der Waals surface area contributed by atoms with Gasteiger partial charge in [-0.2, -0.15) is 0 Å². The van der Waals surface area contributed by atoms with Crippen molar-refractivity contribution in [2.24, 2.45) is 11.8 Å². The molecule has 2 saturated carbocycles. The van der Waals surface area contributed by atoms with E-state index in [1.165, 1.54) is 0 Å². The maximum absolute atomic E-state index is 11.8. The van der Waals surface area contributed by atoms with Gasteiger partial charge in [0.25, 0.3) is 0 Å². The highest BCUT2D eigenvalue weighted by Crippen LogP contribution is 2.46. The molecule has 0 bridgehead atoms. The van der Waals surface area contributed by atoms with Gasteiger partial charge in [-0.05, 0) is 25.7 Å². The zero-order valence-electron chi connectivity index (χ0n) is 12.8. The summed E-state index contributed by atoms with van der Waals surface area (Å²) >= 11 is 0. The fourth-order valence-corrected chi connectivity index (χ4v) is 4.34. The molecule has 0 aromatic carbocycles. The molecule has 0 saturated heterocycles. The van der Waals surface area contributed by atoms with Crippen LogP contribution in [-0.4, -0.2) is 43.6 Å². The summed E-state index contributed by atoms with van der Waals surface area (Å²) in [6.07, 6.45) is 6.64. The van der Waals surface area contributed by atoms with Gasteiger partial charge in [0.2, 0.25) is 11.2 Å². The molecule has 0 radical (unpaired) electrons. The van der Waals surface area contributed by atoms with Crippen LogP contribution in [0.25, 0.3) is 0 Å². The molecule has 0 unspecified atom stereocenters. The molecule has 6 heteroatoms. The summed E-state index contributed by atoms with van der Waals surface area (Å²) in [6, 6.07) is 0. The fraction of sp³-hybridized carbons (Fsp3) is 0.875. The first kappa shape index (κ1) is 17.2. The number of hydrogen-bond acceptors (Lipinski definition) is 4. The van der Waals surface area contributed by atoms with Crippen molar-refractivity contribution < 1.29 is 30.0 Å². The lowest BCUT2D eigenvalue weighted by Gasteiger charge is -2.48. The van der Waals surface area contributed by atoms with Crippen LogP contribution in [0.4, 0.5) is 0 Å². The van der Waals surface area contributed by atoms with Gasteiger partial charge < -0.3 is 20.4 Å². The number of carboxylic acid groups (broad SMARTS) is 2. The highest BCUT2D eigenvalue weighted by atomic mass is 16.5. The van der Waals surface area contributed by atoms with E-state index in [4.69, 9.17) is 0 Å². The Balaban J connectivity index is 2.44. The third-order valence-electron chi connectivity index (χ3n) is 5.63. The number of rotatable bonds is 5. The first-order valence-electron chi connectivity index (χ1n) is 8.26. The topological polar surface area (TPSA) is 115 Å². The van der Waals surface area contributed by atoms with E-state index in [0.29, 0.717) is 25.7 Å². The zero-order valence-corrected chi connectivity index (χ0v) is 12.8. The van der Waals surface area contributed by atoms with Crippen LogP contribution in [0.2, 0.25) is 0 Å². The normalized spacial score (nSPS) is 26.8. The molecule has 0 amide bonds. The monoisotopic (exact) mass is 314 g/mol. The van der Waals surface area contributed by atoms with E-state index < -0.39 is 35.0 Å².